The molecule has 3 aromatic carbocycles. The van der Waals surface area contributed by atoms with Crippen molar-refractivity contribution in [2.24, 2.45) is 0 Å². The third-order valence-corrected chi connectivity index (χ3v) is 4.84. The van der Waals surface area contributed by atoms with Gasteiger partial charge in [-0.3, -0.25) is 4.79 Å². The monoisotopic (exact) mass is 382 g/mol. The molecule has 0 aliphatic carbocycles. The van der Waals surface area contributed by atoms with E-state index >= 15 is 0 Å². The van der Waals surface area contributed by atoms with E-state index in [1.807, 2.05) is 68.4 Å². The van der Waals surface area contributed by atoms with Crippen LogP contribution < -0.4 is 5.32 Å². The van der Waals surface area contributed by atoms with E-state index in [9.17, 15) is 4.79 Å². The Bertz CT molecular complexity index is 1340. The van der Waals surface area contributed by atoms with Crippen molar-refractivity contribution >= 4 is 33.7 Å². The molecule has 0 radical (unpaired) electrons. The second-order valence-corrected chi connectivity index (χ2v) is 7.13. The minimum absolute atomic E-state index is 0.268. The second-order valence-electron chi connectivity index (χ2n) is 7.13. The number of oxazole rings is 1. The zero-order valence-corrected chi connectivity index (χ0v) is 16.0. The lowest BCUT2D eigenvalue weighted by Crippen LogP contribution is -2.10. The molecule has 0 bridgehead atoms. The first-order chi connectivity index (χ1) is 14.1. The highest BCUT2D eigenvalue weighted by Gasteiger charge is 2.14. The first kappa shape index (κ1) is 17.3. The summed E-state index contributed by atoms with van der Waals surface area (Å²) < 4.78 is 11.6. The molecule has 5 nitrogen and oxygen atoms in total. The fraction of sp³-hybridized carbons (Fsp3) is 0.0833. The number of carbonyl (C=O) groups excluding carboxylic acids is 1. The van der Waals surface area contributed by atoms with Crippen molar-refractivity contribution in [2.75, 3.05) is 5.32 Å². The molecule has 0 aliphatic heterocycles. The predicted molar refractivity (Wildman–Crippen MR) is 113 cm³/mol. The molecule has 1 N–H and O–H groups in total. The molecular formula is C24H18N2O3. The number of aromatic nitrogens is 1. The van der Waals surface area contributed by atoms with Crippen LogP contribution in [0.1, 0.15) is 21.7 Å². The van der Waals surface area contributed by atoms with Gasteiger partial charge in [0.2, 0.25) is 5.89 Å². The molecule has 0 saturated carbocycles. The maximum Gasteiger partial charge on any atom is 0.291 e. The van der Waals surface area contributed by atoms with E-state index in [2.05, 4.69) is 16.4 Å². The van der Waals surface area contributed by atoms with Crippen LogP contribution in [0.3, 0.4) is 0 Å². The van der Waals surface area contributed by atoms with Gasteiger partial charge in [-0.05, 0) is 61.4 Å². The van der Waals surface area contributed by atoms with Crippen molar-refractivity contribution in [1.82, 2.24) is 4.98 Å². The van der Waals surface area contributed by atoms with Crippen LogP contribution in [0.2, 0.25) is 0 Å². The molecule has 0 spiro atoms. The van der Waals surface area contributed by atoms with E-state index in [1.165, 1.54) is 0 Å². The number of para-hydroxylation sites is 1. The lowest BCUT2D eigenvalue weighted by Gasteiger charge is -2.04. The van der Waals surface area contributed by atoms with E-state index in [0.717, 1.165) is 33.2 Å². The molecular weight excluding hydrogens is 364 g/mol. The third-order valence-electron chi connectivity index (χ3n) is 4.84. The van der Waals surface area contributed by atoms with E-state index in [4.69, 9.17) is 8.83 Å². The number of nitrogens with zero attached hydrogens (tertiary/aromatic N) is 1. The van der Waals surface area contributed by atoms with Crippen LogP contribution in [0.25, 0.3) is 33.5 Å². The molecule has 1 amide bonds. The Kier molecular flexibility index (Phi) is 3.95. The topological polar surface area (TPSA) is 68.3 Å². The first-order valence-electron chi connectivity index (χ1n) is 9.35. The molecule has 2 aromatic heterocycles. The van der Waals surface area contributed by atoms with Gasteiger partial charge in [-0.15, -0.1) is 0 Å². The molecule has 5 heteroatoms. The summed E-state index contributed by atoms with van der Waals surface area (Å²) in [6, 6.07) is 20.8. The molecule has 142 valence electrons. The summed E-state index contributed by atoms with van der Waals surface area (Å²) in [7, 11) is 0. The van der Waals surface area contributed by atoms with Gasteiger partial charge < -0.3 is 14.2 Å². The maximum atomic E-state index is 12.6. The Hall–Kier alpha value is -3.86. The maximum absolute atomic E-state index is 12.6. The largest absolute Gasteiger partial charge is 0.451 e. The van der Waals surface area contributed by atoms with Crippen molar-refractivity contribution < 1.29 is 13.6 Å². The number of anilines is 1. The molecule has 2 heterocycles. The Morgan fingerprint density at radius 2 is 1.79 bits per heavy atom. The van der Waals surface area contributed by atoms with Crippen LogP contribution >= 0.6 is 0 Å². The number of hydrogen-bond donors (Lipinski definition) is 1. The number of carbonyl (C=O) groups is 1. The number of furan rings is 1. The highest BCUT2D eigenvalue weighted by molar-refractivity contribution is 6.04. The zero-order chi connectivity index (χ0) is 20.0. The lowest BCUT2D eigenvalue weighted by molar-refractivity contribution is 0.0998. The Balaban J connectivity index is 1.45. The van der Waals surface area contributed by atoms with Gasteiger partial charge in [0, 0.05) is 16.6 Å². The van der Waals surface area contributed by atoms with Gasteiger partial charge in [-0.2, -0.15) is 0 Å². The van der Waals surface area contributed by atoms with E-state index in [1.54, 1.807) is 6.07 Å². The van der Waals surface area contributed by atoms with Crippen LogP contribution in [0.4, 0.5) is 5.69 Å². The summed E-state index contributed by atoms with van der Waals surface area (Å²) >= 11 is 0. The highest BCUT2D eigenvalue weighted by atomic mass is 16.4. The van der Waals surface area contributed by atoms with E-state index < -0.39 is 0 Å². The molecule has 29 heavy (non-hydrogen) atoms. The van der Waals surface area contributed by atoms with Crippen molar-refractivity contribution in [2.45, 2.75) is 13.8 Å². The summed E-state index contributed by atoms with van der Waals surface area (Å²) in [4.78, 5) is 17.2. The summed E-state index contributed by atoms with van der Waals surface area (Å²) in [6.07, 6.45) is 0. The summed E-state index contributed by atoms with van der Waals surface area (Å²) in [5.41, 5.74) is 5.92. The third kappa shape index (κ3) is 3.17. The smallest absolute Gasteiger partial charge is 0.291 e. The van der Waals surface area contributed by atoms with Gasteiger partial charge >= 0.3 is 0 Å². The molecule has 5 aromatic rings. The number of benzene rings is 3. The van der Waals surface area contributed by atoms with Crippen LogP contribution in [-0.2, 0) is 0 Å². The molecule has 5 rings (SSSR count). The van der Waals surface area contributed by atoms with Gasteiger partial charge in [0.25, 0.3) is 5.91 Å². The minimum atomic E-state index is -0.303. The van der Waals surface area contributed by atoms with Gasteiger partial charge in [0.15, 0.2) is 11.3 Å². The van der Waals surface area contributed by atoms with Gasteiger partial charge in [-0.25, -0.2) is 4.98 Å². The standard InChI is InChI=1S/C24H18N2O3/c1-14-10-15(2)22-19(11-14)26-24(29-22)17-7-5-8-18(12-17)25-23(27)21-13-16-6-3-4-9-20(16)28-21/h3-13H,1-2H3,(H,25,27). The first-order valence-corrected chi connectivity index (χ1v) is 9.35. The number of aryl methyl sites for hydroxylation is 2. The molecule has 0 aliphatic rings. The number of amides is 1. The summed E-state index contributed by atoms with van der Waals surface area (Å²) in [6.45, 7) is 4.04. The fourth-order valence-electron chi connectivity index (χ4n) is 3.52. The number of rotatable bonds is 3. The van der Waals surface area contributed by atoms with Crippen LogP contribution in [0, 0.1) is 13.8 Å². The Labute approximate surface area is 167 Å². The fourth-order valence-corrected chi connectivity index (χ4v) is 3.52. The van der Waals surface area contributed by atoms with E-state index in [-0.39, 0.29) is 11.7 Å². The minimum Gasteiger partial charge on any atom is -0.451 e. The average Bonchev–Trinajstić information content (AvgIpc) is 3.32. The SMILES string of the molecule is Cc1cc(C)c2oc(-c3cccc(NC(=O)c4cc5ccccc5o4)c3)nc2c1. The zero-order valence-electron chi connectivity index (χ0n) is 16.0. The number of nitrogens with one attached hydrogen (secondary N) is 1. The number of fused-ring (bicyclic) bond motifs is 2. The average molecular weight is 382 g/mol. The molecule has 0 saturated heterocycles. The van der Waals surface area contributed by atoms with Crippen LogP contribution in [0.15, 0.2) is 75.6 Å². The number of hydrogen-bond acceptors (Lipinski definition) is 4. The Morgan fingerprint density at radius 3 is 2.66 bits per heavy atom. The normalized spacial score (nSPS) is 11.2. The highest BCUT2D eigenvalue weighted by Crippen LogP contribution is 2.29. The second kappa shape index (κ2) is 6.63. The Morgan fingerprint density at radius 1 is 0.931 bits per heavy atom. The quantitative estimate of drug-likeness (QED) is 0.409. The van der Waals surface area contributed by atoms with Crippen molar-refractivity contribution in [3.05, 3.63) is 83.6 Å². The molecule has 0 fully saturated rings. The van der Waals surface area contributed by atoms with Crippen molar-refractivity contribution in [3.8, 4) is 11.5 Å². The summed E-state index contributed by atoms with van der Waals surface area (Å²) in [5.74, 6) is 0.487. The van der Waals surface area contributed by atoms with Gasteiger partial charge in [0.1, 0.15) is 11.1 Å². The van der Waals surface area contributed by atoms with Gasteiger partial charge in [-0.1, -0.05) is 30.3 Å². The summed E-state index contributed by atoms with van der Waals surface area (Å²) in [5, 5.41) is 3.77. The predicted octanol–water partition coefficient (Wildman–Crippen LogP) is 6.11. The van der Waals surface area contributed by atoms with Crippen molar-refractivity contribution in [1.29, 1.82) is 0 Å². The molecule has 0 unspecified atom stereocenters. The van der Waals surface area contributed by atoms with Gasteiger partial charge in [0.05, 0.1) is 0 Å². The van der Waals surface area contributed by atoms with Crippen LogP contribution in [-0.4, -0.2) is 10.9 Å². The van der Waals surface area contributed by atoms with Crippen molar-refractivity contribution in [3.63, 3.8) is 0 Å². The van der Waals surface area contributed by atoms with E-state index in [0.29, 0.717) is 17.2 Å². The lowest BCUT2D eigenvalue weighted by atomic mass is 10.1. The molecule has 0 atom stereocenters. The van der Waals surface area contributed by atoms with Crippen LogP contribution in [0.5, 0.6) is 0 Å².